The molecule has 27 heavy (non-hydrogen) atoms. The van der Waals surface area contributed by atoms with Gasteiger partial charge in [-0.15, -0.1) is 0 Å². The van der Waals surface area contributed by atoms with Crippen molar-refractivity contribution in [2.45, 2.75) is 32.7 Å². The lowest BCUT2D eigenvalue weighted by Crippen LogP contribution is -2.42. The first-order chi connectivity index (χ1) is 13.0. The Bertz CT molecular complexity index is 821. The minimum Gasteiger partial charge on any atom is -0.353 e. The zero-order valence-electron chi connectivity index (χ0n) is 16.3. The molecule has 6 nitrogen and oxygen atoms in total. The van der Waals surface area contributed by atoms with Gasteiger partial charge >= 0.3 is 11.8 Å². The number of hydrogen-bond acceptors (Lipinski definition) is 3. The van der Waals surface area contributed by atoms with Gasteiger partial charge in [0.15, 0.2) is 0 Å². The topological polar surface area (TPSA) is 66.4 Å². The first-order valence-electron chi connectivity index (χ1n) is 9.48. The van der Waals surface area contributed by atoms with Gasteiger partial charge in [-0.25, -0.2) is 0 Å². The van der Waals surface area contributed by atoms with E-state index in [1.54, 1.807) is 0 Å². The van der Waals surface area contributed by atoms with E-state index in [1.165, 1.54) is 12.8 Å². The number of aromatic nitrogens is 1. The zero-order chi connectivity index (χ0) is 19.4. The molecule has 1 saturated heterocycles. The quantitative estimate of drug-likeness (QED) is 0.797. The molecule has 0 saturated carbocycles. The maximum Gasteiger partial charge on any atom is 0.313 e. The normalized spacial score (nSPS) is 15.5. The van der Waals surface area contributed by atoms with Gasteiger partial charge < -0.3 is 15.2 Å². The number of benzene rings is 1. The third kappa shape index (κ3) is 4.39. The highest BCUT2D eigenvalue weighted by atomic mass is 16.2. The summed E-state index contributed by atoms with van der Waals surface area (Å²) in [7, 11) is 2.01. The van der Waals surface area contributed by atoms with Gasteiger partial charge in [0, 0.05) is 31.2 Å². The van der Waals surface area contributed by atoms with Crippen LogP contribution in [-0.4, -0.2) is 40.9 Å². The van der Waals surface area contributed by atoms with Crippen molar-refractivity contribution in [3.8, 4) is 0 Å². The maximum atomic E-state index is 12.4. The van der Waals surface area contributed by atoms with Crippen molar-refractivity contribution in [2.75, 3.05) is 25.0 Å². The molecule has 2 N–H and O–H groups in total. The smallest absolute Gasteiger partial charge is 0.313 e. The molecule has 2 amide bonds. The minimum atomic E-state index is -0.629. The molecule has 1 atom stereocenters. The van der Waals surface area contributed by atoms with Crippen LogP contribution < -0.4 is 10.6 Å². The Labute approximate surface area is 160 Å². The van der Waals surface area contributed by atoms with Crippen molar-refractivity contribution >= 4 is 17.5 Å². The Hall–Kier alpha value is -2.60. The van der Waals surface area contributed by atoms with Gasteiger partial charge in [0.2, 0.25) is 0 Å². The van der Waals surface area contributed by atoms with Crippen LogP contribution in [0.15, 0.2) is 36.5 Å². The molecular weight excluding hydrogens is 340 g/mol. The first-order valence-corrected chi connectivity index (χ1v) is 9.48. The number of carbonyl (C=O) groups excluding carboxylic acids is 2. The summed E-state index contributed by atoms with van der Waals surface area (Å²) in [5, 5.41) is 5.54. The zero-order valence-corrected chi connectivity index (χ0v) is 16.3. The van der Waals surface area contributed by atoms with E-state index in [0.29, 0.717) is 12.2 Å². The van der Waals surface area contributed by atoms with E-state index in [1.807, 2.05) is 51.4 Å². The van der Waals surface area contributed by atoms with Gasteiger partial charge in [-0.1, -0.05) is 12.1 Å². The van der Waals surface area contributed by atoms with Gasteiger partial charge in [-0.2, -0.15) is 0 Å². The summed E-state index contributed by atoms with van der Waals surface area (Å²) < 4.78 is 2.07. The second-order valence-corrected chi connectivity index (χ2v) is 7.21. The van der Waals surface area contributed by atoms with Crippen LogP contribution in [-0.2, 0) is 16.6 Å². The molecule has 1 aliphatic rings. The van der Waals surface area contributed by atoms with Crippen LogP contribution in [0.4, 0.5) is 5.69 Å². The fourth-order valence-corrected chi connectivity index (χ4v) is 3.63. The van der Waals surface area contributed by atoms with Gasteiger partial charge in [-0.3, -0.25) is 14.5 Å². The number of anilines is 1. The highest BCUT2D eigenvalue weighted by molar-refractivity contribution is 6.39. The number of hydrogen-bond donors (Lipinski definition) is 2. The van der Waals surface area contributed by atoms with Crippen molar-refractivity contribution in [3.05, 3.63) is 53.3 Å². The van der Waals surface area contributed by atoms with Crippen LogP contribution in [0, 0.1) is 13.8 Å². The Morgan fingerprint density at radius 2 is 1.81 bits per heavy atom. The molecule has 0 bridgehead atoms. The molecule has 1 aromatic heterocycles. The average Bonchev–Trinajstić information content (AvgIpc) is 3.32. The van der Waals surface area contributed by atoms with E-state index in [2.05, 4.69) is 26.2 Å². The third-order valence-electron chi connectivity index (χ3n) is 5.42. The number of nitrogens with zero attached hydrogens (tertiary/aromatic N) is 2. The van der Waals surface area contributed by atoms with Crippen LogP contribution in [0.3, 0.4) is 0 Å². The van der Waals surface area contributed by atoms with E-state index in [9.17, 15) is 9.59 Å². The second kappa shape index (κ2) is 8.39. The van der Waals surface area contributed by atoms with Crippen LogP contribution in [0.5, 0.6) is 0 Å². The summed E-state index contributed by atoms with van der Waals surface area (Å²) in [6.45, 7) is 6.35. The summed E-state index contributed by atoms with van der Waals surface area (Å²) in [5.41, 5.74) is 3.87. The first kappa shape index (κ1) is 19.2. The molecule has 1 unspecified atom stereocenters. The summed E-state index contributed by atoms with van der Waals surface area (Å²) in [4.78, 5) is 27.1. The van der Waals surface area contributed by atoms with Crippen LogP contribution in [0.1, 0.15) is 35.7 Å². The summed E-state index contributed by atoms with van der Waals surface area (Å²) >= 11 is 0. The molecule has 1 fully saturated rings. The lowest BCUT2D eigenvalue weighted by molar-refractivity contribution is -0.136. The Balaban J connectivity index is 1.64. The van der Waals surface area contributed by atoms with E-state index < -0.39 is 11.8 Å². The van der Waals surface area contributed by atoms with Gasteiger partial charge in [0.25, 0.3) is 0 Å². The number of rotatable bonds is 5. The number of nitrogens with one attached hydrogen (secondary N) is 2. The second-order valence-electron chi connectivity index (χ2n) is 7.21. The van der Waals surface area contributed by atoms with E-state index in [0.717, 1.165) is 29.9 Å². The Morgan fingerprint density at radius 3 is 2.48 bits per heavy atom. The molecule has 3 rings (SSSR count). The molecule has 6 heteroatoms. The molecule has 0 spiro atoms. The average molecular weight is 368 g/mol. The molecule has 2 aromatic rings. The Kier molecular flexibility index (Phi) is 5.96. The molecule has 1 aliphatic heterocycles. The number of likely N-dealkylation sites (tertiary alicyclic amines) is 1. The Morgan fingerprint density at radius 1 is 1.07 bits per heavy atom. The summed E-state index contributed by atoms with van der Waals surface area (Å²) in [6.07, 6.45) is 4.34. The largest absolute Gasteiger partial charge is 0.353 e. The van der Waals surface area contributed by atoms with Crippen LogP contribution in [0.25, 0.3) is 0 Å². The fourth-order valence-electron chi connectivity index (χ4n) is 3.63. The highest BCUT2D eigenvalue weighted by Gasteiger charge is 2.26. The van der Waals surface area contributed by atoms with Crippen molar-refractivity contribution in [1.29, 1.82) is 0 Å². The molecule has 0 aliphatic carbocycles. The predicted octanol–water partition coefficient (Wildman–Crippen LogP) is 2.53. The molecule has 144 valence electrons. The monoisotopic (exact) mass is 368 g/mol. The standard InChI is InChI=1S/C21H28N4O2/c1-15-8-6-9-17(16(15)2)23-21(27)20(26)22-14-19(25-12-4-5-13-25)18-10-7-11-24(18)3/h6-11,19H,4-5,12-14H2,1-3H3,(H,22,26)(H,23,27). The summed E-state index contributed by atoms with van der Waals surface area (Å²) in [6, 6.07) is 9.81. The van der Waals surface area contributed by atoms with Gasteiger partial charge in [0.05, 0.1) is 6.04 Å². The lowest BCUT2D eigenvalue weighted by Gasteiger charge is -2.28. The number of aryl methyl sites for hydroxylation is 2. The van der Waals surface area contributed by atoms with Gasteiger partial charge in [0.1, 0.15) is 0 Å². The predicted molar refractivity (Wildman–Crippen MR) is 107 cm³/mol. The molecule has 0 radical (unpaired) electrons. The van der Waals surface area contributed by atoms with Crippen molar-refractivity contribution < 1.29 is 9.59 Å². The SMILES string of the molecule is Cc1cccc(NC(=O)C(=O)NCC(c2cccn2C)N2CCCC2)c1C. The van der Waals surface area contributed by atoms with Crippen molar-refractivity contribution in [2.24, 2.45) is 7.05 Å². The van der Waals surface area contributed by atoms with Crippen molar-refractivity contribution in [1.82, 2.24) is 14.8 Å². The highest BCUT2D eigenvalue weighted by Crippen LogP contribution is 2.24. The van der Waals surface area contributed by atoms with Crippen LogP contribution in [0.2, 0.25) is 0 Å². The van der Waals surface area contributed by atoms with Gasteiger partial charge in [-0.05, 0) is 69.1 Å². The van der Waals surface area contributed by atoms with E-state index in [-0.39, 0.29) is 6.04 Å². The fraction of sp³-hybridized carbons (Fsp3) is 0.429. The minimum absolute atomic E-state index is 0.0740. The molecule has 2 heterocycles. The van der Waals surface area contributed by atoms with E-state index >= 15 is 0 Å². The number of amides is 2. The molecule has 1 aromatic carbocycles. The third-order valence-corrected chi connectivity index (χ3v) is 5.42. The maximum absolute atomic E-state index is 12.4. The van der Waals surface area contributed by atoms with Crippen molar-refractivity contribution in [3.63, 3.8) is 0 Å². The summed E-state index contributed by atoms with van der Waals surface area (Å²) in [5.74, 6) is -1.23. The number of carbonyl (C=O) groups is 2. The van der Waals surface area contributed by atoms with Crippen LogP contribution >= 0.6 is 0 Å². The molecular formula is C21H28N4O2. The lowest BCUT2D eigenvalue weighted by atomic mass is 10.1. The van der Waals surface area contributed by atoms with E-state index in [4.69, 9.17) is 0 Å².